The van der Waals surface area contributed by atoms with Gasteiger partial charge in [0.1, 0.15) is 0 Å². The molecule has 120 valence electrons. The van der Waals surface area contributed by atoms with Crippen LogP contribution in [0.1, 0.15) is 41.4 Å². The van der Waals surface area contributed by atoms with Crippen LogP contribution in [0.15, 0.2) is 22.5 Å². The number of thioether (sulfide) groups is 1. The molecule has 1 fully saturated rings. The standard InChI is InChI=1S/C16H19N5S2/c1-10-5-6-11(2)12(8-10)9-22-16-20-21-14(13-4-3-7-17-13)18-19-15(21)23-16/h5-6,8,13,17H,3-4,7,9H2,1-2H3/t13-/m1/s1. The summed E-state index contributed by atoms with van der Waals surface area (Å²) in [6.45, 7) is 5.35. The summed E-state index contributed by atoms with van der Waals surface area (Å²) < 4.78 is 2.97. The van der Waals surface area contributed by atoms with Gasteiger partial charge in [-0.05, 0) is 44.4 Å². The molecule has 1 N–H and O–H groups in total. The van der Waals surface area contributed by atoms with Crippen LogP contribution in [0, 0.1) is 13.8 Å². The van der Waals surface area contributed by atoms with E-state index in [0.29, 0.717) is 6.04 Å². The molecule has 23 heavy (non-hydrogen) atoms. The highest BCUT2D eigenvalue weighted by atomic mass is 32.2. The van der Waals surface area contributed by atoms with Gasteiger partial charge in [0.15, 0.2) is 10.2 Å². The number of nitrogens with zero attached hydrogens (tertiary/aromatic N) is 4. The summed E-state index contributed by atoms with van der Waals surface area (Å²) in [5.74, 6) is 1.89. The molecule has 1 atom stereocenters. The molecule has 2 aromatic heterocycles. The first kappa shape index (κ1) is 15.1. The van der Waals surface area contributed by atoms with Crippen LogP contribution in [0.5, 0.6) is 0 Å². The Morgan fingerprint density at radius 2 is 2.26 bits per heavy atom. The molecule has 0 radical (unpaired) electrons. The maximum atomic E-state index is 4.72. The van der Waals surface area contributed by atoms with Crippen molar-refractivity contribution in [1.29, 1.82) is 0 Å². The number of hydrogen-bond donors (Lipinski definition) is 1. The molecule has 0 amide bonds. The van der Waals surface area contributed by atoms with E-state index >= 15 is 0 Å². The average Bonchev–Trinajstić information content (AvgIpc) is 3.23. The topological polar surface area (TPSA) is 55.1 Å². The van der Waals surface area contributed by atoms with Crippen molar-refractivity contribution < 1.29 is 0 Å². The zero-order valence-corrected chi connectivity index (χ0v) is 14.9. The first-order valence-electron chi connectivity index (χ1n) is 7.85. The Morgan fingerprint density at radius 3 is 3.09 bits per heavy atom. The van der Waals surface area contributed by atoms with Crippen molar-refractivity contribution in [3.8, 4) is 0 Å². The third-order valence-corrected chi connectivity index (χ3v) is 6.31. The van der Waals surface area contributed by atoms with Crippen LogP contribution in [0.3, 0.4) is 0 Å². The van der Waals surface area contributed by atoms with E-state index in [-0.39, 0.29) is 0 Å². The van der Waals surface area contributed by atoms with E-state index in [2.05, 4.69) is 47.6 Å². The van der Waals surface area contributed by atoms with Crippen molar-refractivity contribution in [1.82, 2.24) is 25.1 Å². The zero-order valence-electron chi connectivity index (χ0n) is 13.2. The van der Waals surface area contributed by atoms with Crippen LogP contribution >= 0.6 is 23.1 Å². The number of fused-ring (bicyclic) bond motifs is 1. The Balaban J connectivity index is 1.54. The fraction of sp³-hybridized carbons (Fsp3) is 0.438. The number of aromatic nitrogens is 4. The number of nitrogens with one attached hydrogen (secondary N) is 1. The Hall–Kier alpha value is -1.44. The van der Waals surface area contributed by atoms with E-state index in [0.717, 1.165) is 33.8 Å². The van der Waals surface area contributed by atoms with Crippen molar-refractivity contribution in [3.05, 3.63) is 40.7 Å². The molecule has 0 spiro atoms. The predicted molar refractivity (Wildman–Crippen MR) is 94.1 cm³/mol. The fourth-order valence-corrected chi connectivity index (χ4v) is 4.84. The number of benzene rings is 1. The van der Waals surface area contributed by atoms with Crippen LogP contribution in [0.25, 0.3) is 4.96 Å². The van der Waals surface area contributed by atoms with Gasteiger partial charge in [0.2, 0.25) is 4.96 Å². The summed E-state index contributed by atoms with van der Waals surface area (Å²) >= 11 is 3.40. The normalized spacial score (nSPS) is 18.1. The lowest BCUT2D eigenvalue weighted by Crippen LogP contribution is -2.16. The first-order chi connectivity index (χ1) is 11.2. The van der Waals surface area contributed by atoms with Gasteiger partial charge in [-0.25, -0.2) is 0 Å². The molecule has 1 aliphatic heterocycles. The van der Waals surface area contributed by atoms with Crippen molar-refractivity contribution in [3.63, 3.8) is 0 Å². The predicted octanol–water partition coefficient (Wildman–Crippen LogP) is 3.52. The number of hydrogen-bond acceptors (Lipinski definition) is 6. The molecule has 0 saturated carbocycles. The van der Waals surface area contributed by atoms with Crippen molar-refractivity contribution in [2.45, 2.75) is 42.8 Å². The van der Waals surface area contributed by atoms with Crippen molar-refractivity contribution in [2.75, 3.05) is 6.54 Å². The lowest BCUT2D eigenvalue weighted by Gasteiger charge is -2.06. The molecule has 3 heterocycles. The second-order valence-corrected chi connectivity index (χ2v) is 8.17. The molecule has 1 aliphatic rings. The van der Waals surface area contributed by atoms with Crippen LogP contribution in [0.2, 0.25) is 0 Å². The van der Waals surface area contributed by atoms with Gasteiger partial charge in [0.25, 0.3) is 0 Å². The minimum atomic E-state index is 0.295. The van der Waals surface area contributed by atoms with E-state index < -0.39 is 0 Å². The van der Waals surface area contributed by atoms with E-state index in [1.807, 2.05) is 4.52 Å². The summed E-state index contributed by atoms with van der Waals surface area (Å²) in [5, 5.41) is 16.8. The van der Waals surface area contributed by atoms with Gasteiger partial charge >= 0.3 is 0 Å². The second kappa shape index (κ2) is 6.22. The zero-order chi connectivity index (χ0) is 15.8. The summed E-state index contributed by atoms with van der Waals surface area (Å²) in [6.07, 6.45) is 2.31. The highest BCUT2D eigenvalue weighted by Gasteiger charge is 2.23. The third-order valence-electron chi connectivity index (χ3n) is 4.22. The van der Waals surface area contributed by atoms with Crippen LogP contribution < -0.4 is 5.32 Å². The number of aryl methyl sites for hydroxylation is 2. The smallest absolute Gasteiger partial charge is 0.235 e. The van der Waals surface area contributed by atoms with Crippen LogP contribution in [-0.2, 0) is 5.75 Å². The van der Waals surface area contributed by atoms with Gasteiger partial charge in [-0.1, -0.05) is 46.9 Å². The van der Waals surface area contributed by atoms with Gasteiger partial charge < -0.3 is 5.32 Å². The van der Waals surface area contributed by atoms with E-state index in [9.17, 15) is 0 Å². The summed E-state index contributed by atoms with van der Waals surface area (Å²) in [6, 6.07) is 6.90. The van der Waals surface area contributed by atoms with Gasteiger partial charge in [-0.2, -0.15) is 4.52 Å². The molecule has 0 aliphatic carbocycles. The first-order valence-corrected chi connectivity index (χ1v) is 9.65. The fourth-order valence-electron chi connectivity index (χ4n) is 2.89. The molecule has 7 heteroatoms. The minimum absolute atomic E-state index is 0.295. The van der Waals surface area contributed by atoms with Gasteiger partial charge in [0, 0.05) is 5.75 Å². The Kier molecular flexibility index (Phi) is 4.09. The second-order valence-electron chi connectivity index (χ2n) is 5.99. The van der Waals surface area contributed by atoms with Crippen molar-refractivity contribution in [2.24, 2.45) is 0 Å². The van der Waals surface area contributed by atoms with Crippen LogP contribution in [0.4, 0.5) is 0 Å². The Labute approximate surface area is 143 Å². The summed E-state index contributed by atoms with van der Waals surface area (Å²) in [7, 11) is 0. The lowest BCUT2D eigenvalue weighted by molar-refractivity contribution is 0.582. The van der Waals surface area contributed by atoms with Crippen molar-refractivity contribution >= 4 is 28.1 Å². The molecule has 0 unspecified atom stereocenters. The maximum Gasteiger partial charge on any atom is 0.235 e. The van der Waals surface area contributed by atoms with Crippen LogP contribution in [-0.4, -0.2) is 26.4 Å². The number of rotatable bonds is 4. The Morgan fingerprint density at radius 1 is 1.35 bits per heavy atom. The van der Waals surface area contributed by atoms with Gasteiger partial charge in [-0.15, -0.1) is 15.3 Å². The quantitative estimate of drug-likeness (QED) is 0.733. The summed E-state index contributed by atoms with van der Waals surface area (Å²) in [5.41, 5.74) is 4.01. The van der Waals surface area contributed by atoms with E-state index in [1.165, 1.54) is 23.1 Å². The average molecular weight is 345 g/mol. The van der Waals surface area contributed by atoms with Gasteiger partial charge in [-0.3, -0.25) is 0 Å². The molecule has 4 rings (SSSR count). The maximum absolute atomic E-state index is 4.72. The third kappa shape index (κ3) is 3.00. The summed E-state index contributed by atoms with van der Waals surface area (Å²) in [4.78, 5) is 0.886. The van der Waals surface area contributed by atoms with E-state index in [1.54, 1.807) is 23.1 Å². The Bertz CT molecular complexity index is 832. The monoisotopic (exact) mass is 345 g/mol. The highest BCUT2D eigenvalue weighted by molar-refractivity contribution is 8.00. The van der Waals surface area contributed by atoms with Gasteiger partial charge in [0.05, 0.1) is 6.04 Å². The largest absolute Gasteiger partial charge is 0.307 e. The lowest BCUT2D eigenvalue weighted by atomic mass is 10.1. The highest BCUT2D eigenvalue weighted by Crippen LogP contribution is 2.30. The molecule has 1 aromatic carbocycles. The molecular formula is C16H19N5S2. The molecule has 3 aromatic rings. The minimum Gasteiger partial charge on any atom is -0.307 e. The molecule has 0 bridgehead atoms. The SMILES string of the molecule is Cc1ccc(C)c(CSc2nn3c([C@H]4CCCN4)nnc3s2)c1. The molecular weight excluding hydrogens is 326 g/mol. The van der Waals surface area contributed by atoms with E-state index in [4.69, 9.17) is 5.10 Å². The molecule has 1 saturated heterocycles. The molecule has 5 nitrogen and oxygen atoms in total.